The molecule has 9 aromatic rings. The summed E-state index contributed by atoms with van der Waals surface area (Å²) >= 11 is 0. The summed E-state index contributed by atoms with van der Waals surface area (Å²) in [4.78, 5) is 77.5. The van der Waals surface area contributed by atoms with E-state index in [1.165, 1.54) is 69.5 Å². The van der Waals surface area contributed by atoms with E-state index in [2.05, 4.69) is 0 Å². The molecule has 0 amide bonds. The minimum absolute atomic E-state index is 0.0186. The predicted molar refractivity (Wildman–Crippen MR) is 359 cm³/mol. The van der Waals surface area contributed by atoms with Gasteiger partial charge in [0.15, 0.2) is 52.0 Å². The van der Waals surface area contributed by atoms with Gasteiger partial charge in [-0.2, -0.15) is 0 Å². The first-order chi connectivity index (χ1) is 43.0. The normalized spacial score (nSPS) is 9.93. The molecule has 13 nitrogen and oxygen atoms in total. The van der Waals surface area contributed by atoms with Crippen molar-refractivity contribution in [3.05, 3.63) is 262 Å². The van der Waals surface area contributed by atoms with Crippen LogP contribution in [0.5, 0.6) is 34.5 Å². The van der Waals surface area contributed by atoms with Crippen LogP contribution in [-0.4, -0.2) is 83.1 Å². The molecule has 0 spiro atoms. The summed E-state index contributed by atoms with van der Waals surface area (Å²) in [6.07, 6.45) is 4.05. The van der Waals surface area contributed by atoms with E-state index in [1.54, 1.807) is 80.8 Å². The SMILES string of the molecule is CC(=O)c1cc(C(C)=O)cc(C(C)=O)c1.CC(=O)c1ccc(C(C)=O)cc1.COc1ccc(-c2ccc(C(C)=O)cc2)cc1.COc1ccc(-c2ccc(OC)cc2)cc1.COc1ccc(C)cc1OC.COc1ccc(C=Cc2ccc(C(C)=O)cc2)cc1. The zero-order valence-corrected chi connectivity index (χ0v) is 53.6. The fourth-order valence-electron chi connectivity index (χ4n) is 8.10. The highest BCUT2D eigenvalue weighted by atomic mass is 16.5. The van der Waals surface area contributed by atoms with Crippen LogP contribution in [0, 0.1) is 6.92 Å². The average molecular weight is 1210 g/mol. The van der Waals surface area contributed by atoms with E-state index in [9.17, 15) is 33.6 Å². The van der Waals surface area contributed by atoms with Crippen molar-refractivity contribution >= 4 is 52.6 Å². The van der Waals surface area contributed by atoms with Gasteiger partial charge in [-0.15, -0.1) is 0 Å². The van der Waals surface area contributed by atoms with Crippen molar-refractivity contribution in [1.29, 1.82) is 0 Å². The number of benzene rings is 9. The minimum Gasteiger partial charge on any atom is -0.497 e. The van der Waals surface area contributed by atoms with Crippen molar-refractivity contribution < 1.29 is 62.0 Å². The van der Waals surface area contributed by atoms with Crippen molar-refractivity contribution in [2.45, 2.75) is 55.4 Å². The van der Waals surface area contributed by atoms with Gasteiger partial charge in [-0.3, -0.25) is 33.6 Å². The second kappa shape index (κ2) is 37.0. The maximum atomic E-state index is 11.2. The Kier molecular flexibility index (Phi) is 29.5. The van der Waals surface area contributed by atoms with Gasteiger partial charge in [-0.05, 0) is 173 Å². The molecule has 90 heavy (non-hydrogen) atoms. The van der Waals surface area contributed by atoms with E-state index >= 15 is 0 Å². The number of carbonyl (C=O) groups excluding carboxylic acids is 7. The lowest BCUT2D eigenvalue weighted by molar-refractivity contribution is 0.0996. The van der Waals surface area contributed by atoms with Crippen LogP contribution < -0.4 is 28.4 Å². The van der Waals surface area contributed by atoms with Crippen molar-refractivity contribution in [3.63, 3.8) is 0 Å². The Hall–Kier alpha value is -10.8. The molecule has 0 aromatic heterocycles. The first-order valence-corrected chi connectivity index (χ1v) is 28.5. The Labute approximate surface area is 528 Å². The fourth-order valence-corrected chi connectivity index (χ4v) is 8.10. The van der Waals surface area contributed by atoms with Gasteiger partial charge in [0.25, 0.3) is 0 Å². The molecule has 464 valence electrons. The summed E-state index contributed by atoms with van der Waals surface area (Å²) in [5.74, 6) is 4.76. The molecule has 0 fully saturated rings. The van der Waals surface area contributed by atoms with Gasteiger partial charge < -0.3 is 28.4 Å². The van der Waals surface area contributed by atoms with Gasteiger partial charge in [-0.25, -0.2) is 0 Å². The molecule has 0 saturated heterocycles. The van der Waals surface area contributed by atoms with Gasteiger partial charge in [0.05, 0.1) is 42.7 Å². The molecular formula is C77H78O13. The lowest BCUT2D eigenvalue weighted by Crippen LogP contribution is -2.03. The topological polar surface area (TPSA) is 175 Å². The van der Waals surface area contributed by atoms with E-state index in [0.717, 1.165) is 67.9 Å². The van der Waals surface area contributed by atoms with Crippen LogP contribution in [0.4, 0.5) is 0 Å². The molecule has 0 saturated carbocycles. The Bertz CT molecular complexity index is 3670. The van der Waals surface area contributed by atoms with Gasteiger partial charge in [0.1, 0.15) is 23.0 Å². The number of aryl methyl sites for hydroxylation is 1. The molecular weight excluding hydrogens is 1130 g/mol. The quantitative estimate of drug-likeness (QED) is 0.0623. The van der Waals surface area contributed by atoms with Crippen LogP contribution in [0.25, 0.3) is 34.4 Å². The number of Topliss-reactive ketones (excluding diaryl/α,β-unsaturated/α-hetero) is 7. The monoisotopic (exact) mass is 1210 g/mol. The molecule has 0 aliphatic heterocycles. The van der Waals surface area contributed by atoms with Crippen molar-refractivity contribution in [1.82, 2.24) is 0 Å². The third-order valence-corrected chi connectivity index (χ3v) is 13.5. The molecule has 0 atom stereocenters. The molecule has 13 heteroatoms. The molecule has 0 radical (unpaired) electrons. The zero-order chi connectivity index (χ0) is 66.3. The second-order valence-electron chi connectivity index (χ2n) is 20.1. The van der Waals surface area contributed by atoms with Gasteiger partial charge in [-0.1, -0.05) is 140 Å². The minimum atomic E-state index is -0.152. The van der Waals surface area contributed by atoms with Crippen LogP contribution >= 0.6 is 0 Å². The Morgan fingerprint density at radius 1 is 0.244 bits per heavy atom. The molecule has 0 aliphatic rings. The summed E-state index contributed by atoms with van der Waals surface area (Å²) in [5.41, 5.74) is 11.8. The smallest absolute Gasteiger partial charge is 0.160 e. The highest BCUT2D eigenvalue weighted by Crippen LogP contribution is 2.28. The van der Waals surface area contributed by atoms with Gasteiger partial charge in [0, 0.05) is 38.9 Å². The summed E-state index contributed by atoms with van der Waals surface area (Å²) < 4.78 is 30.6. The summed E-state index contributed by atoms with van der Waals surface area (Å²) in [6.45, 7) is 12.4. The van der Waals surface area contributed by atoms with Crippen molar-refractivity contribution in [2.24, 2.45) is 0 Å². The van der Waals surface area contributed by atoms with Crippen LogP contribution in [0.2, 0.25) is 0 Å². The first kappa shape index (κ1) is 71.7. The largest absolute Gasteiger partial charge is 0.497 e. The van der Waals surface area contributed by atoms with Crippen molar-refractivity contribution in [2.75, 3.05) is 42.7 Å². The lowest BCUT2D eigenvalue weighted by atomic mass is 10.00. The summed E-state index contributed by atoms with van der Waals surface area (Å²) in [6, 6.07) is 63.9. The second-order valence-corrected chi connectivity index (χ2v) is 20.1. The van der Waals surface area contributed by atoms with Crippen molar-refractivity contribution in [3.8, 4) is 56.8 Å². The number of rotatable bonds is 17. The number of ketones is 7. The third kappa shape index (κ3) is 23.8. The molecule has 0 unspecified atom stereocenters. The van der Waals surface area contributed by atoms with Gasteiger partial charge >= 0.3 is 0 Å². The van der Waals surface area contributed by atoms with Crippen LogP contribution in [0.1, 0.15) is 138 Å². The van der Waals surface area contributed by atoms with Gasteiger partial charge in [0.2, 0.25) is 0 Å². The maximum absolute atomic E-state index is 11.2. The number of methoxy groups -OCH3 is 6. The Balaban J connectivity index is 0.000000233. The average Bonchev–Trinajstić information content (AvgIpc) is 1.95. The summed E-state index contributed by atoms with van der Waals surface area (Å²) in [5, 5.41) is 0. The molecule has 9 aromatic carbocycles. The van der Waals surface area contributed by atoms with E-state index in [1.807, 2.05) is 183 Å². The number of hydrogen-bond donors (Lipinski definition) is 0. The van der Waals surface area contributed by atoms with Crippen LogP contribution in [0.3, 0.4) is 0 Å². The molecule has 0 N–H and O–H groups in total. The number of hydrogen-bond acceptors (Lipinski definition) is 13. The third-order valence-electron chi connectivity index (χ3n) is 13.5. The number of carbonyl (C=O) groups is 7. The van der Waals surface area contributed by atoms with E-state index in [-0.39, 0.29) is 40.5 Å². The summed E-state index contributed by atoms with van der Waals surface area (Å²) in [7, 11) is 9.91. The maximum Gasteiger partial charge on any atom is 0.160 e. The molecule has 0 aliphatic carbocycles. The first-order valence-electron chi connectivity index (χ1n) is 28.5. The lowest BCUT2D eigenvalue weighted by Gasteiger charge is -2.06. The van der Waals surface area contributed by atoms with E-state index in [4.69, 9.17) is 28.4 Å². The Morgan fingerprint density at radius 2 is 0.467 bits per heavy atom. The van der Waals surface area contributed by atoms with Crippen LogP contribution in [-0.2, 0) is 0 Å². The van der Waals surface area contributed by atoms with E-state index < -0.39 is 0 Å². The highest BCUT2D eigenvalue weighted by molar-refractivity contribution is 6.04. The van der Waals surface area contributed by atoms with Crippen LogP contribution in [0.15, 0.2) is 206 Å². The zero-order valence-electron chi connectivity index (χ0n) is 53.6. The standard InChI is InChI=1S/C17H16O2.C15H14O2.C14H14O2.C12H12O3.C10H10O2.C9H12O2/c1-13(18)16-9-5-14(6-10-16)3-4-15-7-11-17(19-2)12-8-15;1-11(16)12-3-5-13(6-4-12)14-7-9-15(17-2)10-8-14;1-15-13-7-3-11(4-8-13)12-5-9-14(16-2)10-6-12;1-7(13)10-4-11(8(2)14)6-12(5-10)9(3)15;1-7(11)9-3-5-10(6-4-9)8(2)12;1-7-4-5-8(10-2)9(6-7)11-3/h3-12H,1-2H3;3-10H,1-2H3;3-10H,1-2H3;4-6H,1-3H3;3-6H,1-2H3;4-6H,1-3H3. The predicted octanol–water partition coefficient (Wildman–Crippen LogP) is 17.4. The molecule has 0 heterocycles. The Morgan fingerprint density at radius 3 is 0.711 bits per heavy atom. The fraction of sp³-hybridized carbons (Fsp3) is 0.182. The number of ether oxygens (including phenoxy) is 6. The molecule has 9 rings (SSSR count). The molecule has 0 bridgehead atoms. The highest BCUT2D eigenvalue weighted by Gasteiger charge is 2.11. The van der Waals surface area contributed by atoms with E-state index in [0.29, 0.717) is 27.8 Å².